The molecular weight excluding hydrogens is 276 g/mol. The Morgan fingerprint density at radius 1 is 1.33 bits per heavy atom. The van der Waals surface area contributed by atoms with Crippen LogP contribution in [0.1, 0.15) is 47.5 Å². The van der Waals surface area contributed by atoms with Gasteiger partial charge in [-0.3, -0.25) is 0 Å². The molecule has 0 saturated heterocycles. The van der Waals surface area contributed by atoms with Gasteiger partial charge in [-0.2, -0.15) is 0 Å². The smallest absolute Gasteiger partial charge is 0.0971 e. The summed E-state index contributed by atoms with van der Waals surface area (Å²) >= 11 is 1.75. The molecule has 1 saturated carbocycles. The fraction of sp³-hybridized carbons (Fsp3) is 0.278. The molecule has 2 nitrogen and oxygen atoms in total. The minimum Gasteiger partial charge on any atom is -0.354 e. The first kappa shape index (κ1) is 14.1. The molecule has 108 valence electrons. The lowest BCUT2D eigenvalue weighted by Gasteiger charge is -2.12. The first-order valence-corrected chi connectivity index (χ1v) is 8.11. The standard InChI is InChI=1S/C18H20N2S/c1-11(2)15-6-5-12(3)16(9-15)19-13(4)17-10-21-18(20-17)14-7-8-14/h5-6,9-10,14,19H,1,4,7-8H2,2-3H3. The molecule has 0 unspecified atom stereocenters. The van der Waals surface area contributed by atoms with Gasteiger partial charge in [0, 0.05) is 17.0 Å². The van der Waals surface area contributed by atoms with E-state index in [0.29, 0.717) is 5.92 Å². The number of anilines is 1. The molecule has 1 N–H and O–H groups in total. The van der Waals surface area contributed by atoms with Crippen LogP contribution in [0.15, 0.2) is 36.7 Å². The normalized spacial score (nSPS) is 14.0. The lowest BCUT2D eigenvalue weighted by atomic mass is 10.1. The number of benzene rings is 1. The van der Waals surface area contributed by atoms with Gasteiger partial charge in [0.15, 0.2) is 0 Å². The Bertz CT molecular complexity index is 708. The summed E-state index contributed by atoms with van der Waals surface area (Å²) in [6.45, 7) is 12.3. The van der Waals surface area contributed by atoms with E-state index in [-0.39, 0.29) is 0 Å². The zero-order chi connectivity index (χ0) is 15.0. The monoisotopic (exact) mass is 296 g/mol. The Labute approximate surface area is 130 Å². The van der Waals surface area contributed by atoms with Crippen molar-refractivity contribution >= 4 is 28.3 Å². The highest BCUT2D eigenvalue weighted by molar-refractivity contribution is 7.09. The zero-order valence-electron chi connectivity index (χ0n) is 12.6. The zero-order valence-corrected chi connectivity index (χ0v) is 13.4. The summed E-state index contributed by atoms with van der Waals surface area (Å²) in [6.07, 6.45) is 2.57. The van der Waals surface area contributed by atoms with Crippen LogP contribution in [-0.4, -0.2) is 4.98 Å². The van der Waals surface area contributed by atoms with Gasteiger partial charge in [0.2, 0.25) is 0 Å². The maximum Gasteiger partial charge on any atom is 0.0971 e. The topological polar surface area (TPSA) is 24.9 Å². The van der Waals surface area contributed by atoms with Crippen LogP contribution in [0.4, 0.5) is 5.69 Å². The van der Waals surface area contributed by atoms with Crippen LogP contribution >= 0.6 is 11.3 Å². The lowest BCUT2D eigenvalue weighted by Crippen LogP contribution is -2.00. The van der Waals surface area contributed by atoms with Crippen LogP contribution in [0, 0.1) is 6.92 Å². The van der Waals surface area contributed by atoms with E-state index in [1.165, 1.54) is 23.4 Å². The van der Waals surface area contributed by atoms with E-state index in [1.807, 2.05) is 6.92 Å². The molecule has 1 heterocycles. The summed E-state index contributed by atoms with van der Waals surface area (Å²) in [4.78, 5) is 4.69. The second-order valence-corrected chi connectivity index (χ2v) is 6.65. The third-order valence-electron chi connectivity index (χ3n) is 3.77. The number of rotatable bonds is 5. The highest BCUT2D eigenvalue weighted by atomic mass is 32.1. The number of nitrogens with zero attached hydrogens (tertiary/aromatic N) is 1. The second-order valence-electron chi connectivity index (χ2n) is 5.76. The Hall–Kier alpha value is -1.87. The van der Waals surface area contributed by atoms with Crippen molar-refractivity contribution in [2.45, 2.75) is 32.6 Å². The maximum atomic E-state index is 4.69. The van der Waals surface area contributed by atoms with Crippen LogP contribution in [0.2, 0.25) is 0 Å². The number of allylic oxidation sites excluding steroid dienone is 1. The largest absolute Gasteiger partial charge is 0.354 e. The SMILES string of the molecule is C=C(C)c1ccc(C)c(NC(=C)c2csc(C3CC3)n2)c1. The highest BCUT2D eigenvalue weighted by Crippen LogP contribution is 2.41. The van der Waals surface area contributed by atoms with Crippen molar-refractivity contribution in [3.05, 3.63) is 58.6 Å². The fourth-order valence-electron chi connectivity index (χ4n) is 2.19. The average Bonchev–Trinajstić information content (AvgIpc) is 3.18. The number of hydrogen-bond acceptors (Lipinski definition) is 3. The highest BCUT2D eigenvalue weighted by Gasteiger charge is 2.26. The van der Waals surface area contributed by atoms with Crippen LogP contribution in [0.5, 0.6) is 0 Å². The van der Waals surface area contributed by atoms with E-state index in [2.05, 4.69) is 49.0 Å². The van der Waals surface area contributed by atoms with Gasteiger partial charge in [-0.05, 0) is 43.9 Å². The third kappa shape index (κ3) is 3.08. The van der Waals surface area contributed by atoms with Gasteiger partial charge in [-0.25, -0.2) is 4.98 Å². The fourth-order valence-corrected chi connectivity index (χ4v) is 3.20. The number of aromatic nitrogens is 1. The van der Waals surface area contributed by atoms with Gasteiger partial charge < -0.3 is 5.32 Å². The van der Waals surface area contributed by atoms with Gasteiger partial charge in [0.1, 0.15) is 0 Å². The molecule has 1 fully saturated rings. The molecule has 0 bridgehead atoms. The molecule has 0 amide bonds. The summed E-state index contributed by atoms with van der Waals surface area (Å²) in [5.41, 5.74) is 6.29. The summed E-state index contributed by atoms with van der Waals surface area (Å²) in [7, 11) is 0. The summed E-state index contributed by atoms with van der Waals surface area (Å²) in [5, 5.41) is 6.75. The van der Waals surface area contributed by atoms with Crippen molar-refractivity contribution in [2.24, 2.45) is 0 Å². The Kier molecular flexibility index (Phi) is 3.68. The van der Waals surface area contributed by atoms with Crippen LogP contribution in [0.25, 0.3) is 11.3 Å². The van der Waals surface area contributed by atoms with Gasteiger partial charge in [-0.15, -0.1) is 11.3 Å². The Morgan fingerprint density at radius 3 is 2.76 bits per heavy atom. The van der Waals surface area contributed by atoms with Crippen LogP contribution in [-0.2, 0) is 0 Å². The van der Waals surface area contributed by atoms with Crippen molar-refractivity contribution in [2.75, 3.05) is 5.32 Å². The Balaban J connectivity index is 1.79. The molecule has 0 atom stereocenters. The Morgan fingerprint density at radius 2 is 2.10 bits per heavy atom. The molecule has 1 aromatic heterocycles. The van der Waals surface area contributed by atoms with Crippen molar-refractivity contribution in [3.8, 4) is 0 Å². The van der Waals surface area contributed by atoms with E-state index < -0.39 is 0 Å². The third-order valence-corrected chi connectivity index (χ3v) is 4.78. The van der Waals surface area contributed by atoms with E-state index in [9.17, 15) is 0 Å². The minimum absolute atomic E-state index is 0.699. The van der Waals surface area contributed by atoms with Crippen LogP contribution in [0.3, 0.4) is 0 Å². The van der Waals surface area contributed by atoms with Crippen molar-refractivity contribution in [3.63, 3.8) is 0 Å². The van der Waals surface area contributed by atoms with Gasteiger partial charge in [0.25, 0.3) is 0 Å². The van der Waals surface area contributed by atoms with E-state index in [0.717, 1.165) is 28.2 Å². The minimum atomic E-state index is 0.699. The molecule has 2 aromatic rings. The van der Waals surface area contributed by atoms with Crippen molar-refractivity contribution in [1.29, 1.82) is 0 Å². The molecule has 1 aliphatic carbocycles. The lowest BCUT2D eigenvalue weighted by molar-refractivity contribution is 1.07. The van der Waals surface area contributed by atoms with Gasteiger partial charge in [0.05, 0.1) is 16.4 Å². The summed E-state index contributed by atoms with van der Waals surface area (Å²) in [6, 6.07) is 6.33. The molecule has 0 radical (unpaired) electrons. The van der Waals surface area contributed by atoms with Crippen LogP contribution < -0.4 is 5.32 Å². The van der Waals surface area contributed by atoms with Gasteiger partial charge in [-0.1, -0.05) is 30.9 Å². The number of thiazole rings is 1. The molecule has 0 spiro atoms. The summed E-state index contributed by atoms with van der Waals surface area (Å²) < 4.78 is 0. The van der Waals surface area contributed by atoms with Gasteiger partial charge >= 0.3 is 0 Å². The van der Waals surface area contributed by atoms with E-state index in [1.54, 1.807) is 11.3 Å². The number of nitrogens with one attached hydrogen (secondary N) is 1. The second kappa shape index (κ2) is 5.49. The van der Waals surface area contributed by atoms with E-state index in [4.69, 9.17) is 4.98 Å². The summed E-state index contributed by atoms with van der Waals surface area (Å²) in [5.74, 6) is 0.699. The predicted molar refractivity (Wildman–Crippen MR) is 92.6 cm³/mol. The quantitative estimate of drug-likeness (QED) is 0.794. The molecule has 21 heavy (non-hydrogen) atoms. The van der Waals surface area contributed by atoms with Crippen molar-refractivity contribution < 1.29 is 0 Å². The number of aryl methyl sites for hydroxylation is 1. The molecular formula is C18H20N2S. The molecule has 3 heteroatoms. The molecule has 0 aliphatic heterocycles. The maximum absolute atomic E-state index is 4.69. The average molecular weight is 296 g/mol. The molecule has 3 rings (SSSR count). The first-order chi connectivity index (χ1) is 10.0. The molecule has 1 aromatic carbocycles. The van der Waals surface area contributed by atoms with Crippen molar-refractivity contribution in [1.82, 2.24) is 4.98 Å². The molecule has 1 aliphatic rings. The first-order valence-electron chi connectivity index (χ1n) is 7.23. The van der Waals surface area contributed by atoms with E-state index >= 15 is 0 Å². The predicted octanol–water partition coefficient (Wildman–Crippen LogP) is 5.44. The number of hydrogen-bond donors (Lipinski definition) is 1.